The van der Waals surface area contributed by atoms with Crippen LogP contribution >= 0.6 is 0 Å². The molecule has 5 rings (SSSR count). The third-order valence-electron chi connectivity index (χ3n) is 6.22. The van der Waals surface area contributed by atoms with Gasteiger partial charge in [0.2, 0.25) is 0 Å². The number of aromatic nitrogens is 5. The summed E-state index contributed by atoms with van der Waals surface area (Å²) in [6, 6.07) is 8.28. The molecule has 1 saturated heterocycles. The molecule has 182 valence electrons. The Balaban J connectivity index is 1.33. The average molecular weight is 475 g/mol. The number of hydrogen-bond acceptors (Lipinski definition) is 8. The summed E-state index contributed by atoms with van der Waals surface area (Å²) in [6.07, 6.45) is 3.65. The minimum atomic E-state index is -0.386. The molecule has 1 fully saturated rings. The van der Waals surface area contributed by atoms with E-state index in [1.165, 1.54) is 0 Å². The maximum Gasteiger partial charge on any atom is 0.315 e. The van der Waals surface area contributed by atoms with Crippen LogP contribution in [0.4, 0.5) is 5.69 Å². The fraction of sp³-hybridized carbons (Fsp3) is 0.400. The van der Waals surface area contributed by atoms with Crippen molar-refractivity contribution in [3.63, 3.8) is 0 Å². The van der Waals surface area contributed by atoms with Gasteiger partial charge in [0.15, 0.2) is 5.82 Å². The van der Waals surface area contributed by atoms with E-state index in [9.17, 15) is 4.79 Å². The van der Waals surface area contributed by atoms with Crippen molar-refractivity contribution < 1.29 is 9.32 Å². The minimum Gasteiger partial charge on any atom is -0.368 e. The molecule has 4 heterocycles. The molecule has 0 spiro atoms. The van der Waals surface area contributed by atoms with Gasteiger partial charge in [-0.1, -0.05) is 38.1 Å². The van der Waals surface area contributed by atoms with Crippen LogP contribution in [0.5, 0.6) is 0 Å². The summed E-state index contributed by atoms with van der Waals surface area (Å²) in [6.45, 7) is 12.2. The van der Waals surface area contributed by atoms with E-state index in [1.807, 2.05) is 44.3 Å². The largest absolute Gasteiger partial charge is 0.368 e. The van der Waals surface area contributed by atoms with Gasteiger partial charge >= 0.3 is 11.8 Å². The molecule has 2 N–H and O–H groups in total. The topological polar surface area (TPSA) is 113 Å². The molecule has 0 radical (unpaired) electrons. The Kier molecular flexibility index (Phi) is 5.98. The van der Waals surface area contributed by atoms with Crippen molar-refractivity contribution in [2.75, 3.05) is 31.1 Å². The first-order valence-electron chi connectivity index (χ1n) is 11.8. The van der Waals surface area contributed by atoms with Crippen LogP contribution in [0, 0.1) is 6.92 Å². The van der Waals surface area contributed by atoms with Crippen molar-refractivity contribution >= 4 is 17.1 Å². The number of anilines is 1. The van der Waals surface area contributed by atoms with Crippen molar-refractivity contribution in [2.24, 2.45) is 0 Å². The fourth-order valence-electron chi connectivity index (χ4n) is 4.15. The van der Waals surface area contributed by atoms with Crippen LogP contribution in [-0.2, 0) is 12.0 Å². The van der Waals surface area contributed by atoms with Gasteiger partial charge in [-0.25, -0.2) is 9.50 Å². The summed E-state index contributed by atoms with van der Waals surface area (Å²) >= 11 is 0. The highest BCUT2D eigenvalue weighted by Gasteiger charge is 2.24. The number of fused-ring (bicyclic) bond motifs is 1. The number of amides is 1. The van der Waals surface area contributed by atoms with Crippen LogP contribution in [0.15, 0.2) is 41.3 Å². The predicted octanol–water partition coefficient (Wildman–Crippen LogP) is 2.72. The van der Waals surface area contributed by atoms with Gasteiger partial charge in [0, 0.05) is 43.7 Å². The Morgan fingerprint density at radius 1 is 1.20 bits per heavy atom. The molecule has 0 saturated carbocycles. The predicted molar refractivity (Wildman–Crippen MR) is 132 cm³/mol. The monoisotopic (exact) mass is 474 g/mol. The van der Waals surface area contributed by atoms with Crippen LogP contribution < -0.4 is 15.5 Å². The van der Waals surface area contributed by atoms with E-state index in [0.717, 1.165) is 59.8 Å². The molecule has 0 atom stereocenters. The Bertz CT molecular complexity index is 1360. The molecule has 10 nitrogen and oxygen atoms in total. The first-order chi connectivity index (χ1) is 16.8. The molecular weight excluding hydrogens is 444 g/mol. The van der Waals surface area contributed by atoms with E-state index < -0.39 is 0 Å². The van der Waals surface area contributed by atoms with E-state index >= 15 is 0 Å². The zero-order chi connectivity index (χ0) is 24.6. The van der Waals surface area contributed by atoms with Crippen LogP contribution in [0.3, 0.4) is 0 Å². The zero-order valence-electron chi connectivity index (χ0n) is 20.5. The number of aryl methyl sites for hydroxylation is 1. The van der Waals surface area contributed by atoms with Gasteiger partial charge < -0.3 is 20.1 Å². The number of nitrogens with zero attached hydrogens (tertiary/aromatic N) is 6. The van der Waals surface area contributed by atoms with Crippen molar-refractivity contribution in [3.05, 3.63) is 59.6 Å². The van der Waals surface area contributed by atoms with Crippen molar-refractivity contribution in [1.29, 1.82) is 0 Å². The smallest absolute Gasteiger partial charge is 0.315 e. The Morgan fingerprint density at radius 3 is 2.71 bits per heavy atom. The van der Waals surface area contributed by atoms with E-state index in [0.29, 0.717) is 12.4 Å². The molecule has 1 aliphatic heterocycles. The van der Waals surface area contributed by atoms with E-state index in [1.54, 1.807) is 6.33 Å². The third-order valence-corrected chi connectivity index (χ3v) is 6.22. The summed E-state index contributed by atoms with van der Waals surface area (Å²) in [5.41, 5.74) is 5.76. The number of benzene rings is 1. The number of piperazine rings is 1. The van der Waals surface area contributed by atoms with E-state index in [-0.39, 0.29) is 17.2 Å². The molecule has 3 aromatic heterocycles. The van der Waals surface area contributed by atoms with Gasteiger partial charge in [0.25, 0.3) is 0 Å². The second-order valence-corrected chi connectivity index (χ2v) is 9.87. The lowest BCUT2D eigenvalue weighted by Gasteiger charge is -2.28. The first-order valence-corrected chi connectivity index (χ1v) is 11.8. The molecular formula is C25H30N8O2. The average Bonchev–Trinajstić information content (AvgIpc) is 3.51. The molecule has 1 aliphatic rings. The summed E-state index contributed by atoms with van der Waals surface area (Å²) in [4.78, 5) is 23.7. The lowest BCUT2D eigenvalue weighted by molar-refractivity contribution is 0.0907. The molecule has 1 aromatic carbocycles. The lowest BCUT2D eigenvalue weighted by Crippen LogP contribution is -2.43. The van der Waals surface area contributed by atoms with E-state index in [2.05, 4.69) is 54.1 Å². The van der Waals surface area contributed by atoms with Gasteiger partial charge in [-0.2, -0.15) is 10.1 Å². The first kappa shape index (κ1) is 23.0. The quantitative estimate of drug-likeness (QED) is 0.454. The van der Waals surface area contributed by atoms with Gasteiger partial charge in [-0.05, 0) is 30.2 Å². The van der Waals surface area contributed by atoms with E-state index in [4.69, 9.17) is 4.52 Å². The standard InChI is InChI=1S/C25H30N8O2/c1-16-11-17(5-6-18(16)13-27-22(34)23-30-24(31-35-23)25(2,3)4)21-20-12-19(14-33(20)29-15-28-21)32-9-7-26-8-10-32/h5-6,11-12,14-15,26H,7-10,13H2,1-4H3,(H,27,34). The number of carbonyl (C=O) groups excluding carboxylic acids is 1. The van der Waals surface area contributed by atoms with Gasteiger partial charge in [0.1, 0.15) is 6.33 Å². The lowest BCUT2D eigenvalue weighted by atomic mass is 9.96. The number of nitrogens with one attached hydrogen (secondary N) is 2. The molecule has 1 amide bonds. The minimum absolute atomic E-state index is 0.0268. The SMILES string of the molecule is Cc1cc(-c2ncnn3cc(N4CCNCC4)cc23)ccc1CNC(=O)c1nc(C(C)(C)C)no1. The Hall–Kier alpha value is -3.79. The van der Waals surface area contributed by atoms with Crippen LogP contribution in [0.2, 0.25) is 0 Å². The molecule has 0 bridgehead atoms. The van der Waals surface area contributed by atoms with Crippen LogP contribution in [0.25, 0.3) is 16.8 Å². The fourth-order valence-corrected chi connectivity index (χ4v) is 4.15. The molecule has 35 heavy (non-hydrogen) atoms. The maximum atomic E-state index is 12.5. The van der Waals surface area contributed by atoms with Crippen molar-refractivity contribution in [2.45, 2.75) is 39.7 Å². The Morgan fingerprint density at radius 2 is 2.00 bits per heavy atom. The molecule has 0 unspecified atom stereocenters. The van der Waals surface area contributed by atoms with Gasteiger partial charge in [0.05, 0.1) is 23.1 Å². The summed E-state index contributed by atoms with van der Waals surface area (Å²) < 4.78 is 7.03. The number of carbonyl (C=O) groups is 1. The van der Waals surface area contributed by atoms with Gasteiger partial charge in [-0.3, -0.25) is 4.79 Å². The van der Waals surface area contributed by atoms with Crippen molar-refractivity contribution in [1.82, 2.24) is 35.4 Å². The third kappa shape index (κ3) is 4.74. The highest BCUT2D eigenvalue weighted by molar-refractivity contribution is 5.89. The summed E-state index contributed by atoms with van der Waals surface area (Å²) in [5, 5.41) is 14.6. The van der Waals surface area contributed by atoms with Crippen molar-refractivity contribution in [3.8, 4) is 11.3 Å². The second kappa shape index (κ2) is 9.10. The zero-order valence-corrected chi connectivity index (χ0v) is 20.5. The molecule has 10 heteroatoms. The highest BCUT2D eigenvalue weighted by atomic mass is 16.5. The maximum absolute atomic E-state index is 12.5. The Labute approximate surface area is 203 Å². The normalized spacial score (nSPS) is 14.5. The second-order valence-electron chi connectivity index (χ2n) is 9.87. The van der Waals surface area contributed by atoms with Gasteiger partial charge in [-0.15, -0.1) is 0 Å². The molecule has 4 aromatic rings. The highest BCUT2D eigenvalue weighted by Crippen LogP contribution is 2.28. The summed E-state index contributed by atoms with van der Waals surface area (Å²) in [5.74, 6) is 0.0913. The number of hydrogen-bond donors (Lipinski definition) is 2. The van der Waals surface area contributed by atoms with Crippen LogP contribution in [-0.4, -0.2) is 56.8 Å². The molecule has 0 aliphatic carbocycles. The summed E-state index contributed by atoms with van der Waals surface area (Å²) in [7, 11) is 0. The van der Waals surface area contributed by atoms with Crippen LogP contribution in [0.1, 0.15) is 48.4 Å². The number of rotatable bonds is 5.